The first-order chi connectivity index (χ1) is 12.2. The molecule has 1 heterocycles. The van der Waals surface area contributed by atoms with E-state index < -0.39 is 0 Å². The van der Waals surface area contributed by atoms with Gasteiger partial charge >= 0.3 is 0 Å². The SMILES string of the molecule is NCCc1nc(C(=O)Nc2ccc(OCC3CCCCC3)cc2)cs1. The first kappa shape index (κ1) is 17.9. The Morgan fingerprint density at radius 3 is 2.72 bits per heavy atom. The number of rotatable bonds is 7. The number of amides is 1. The maximum Gasteiger partial charge on any atom is 0.275 e. The van der Waals surface area contributed by atoms with Gasteiger partial charge in [0.2, 0.25) is 0 Å². The van der Waals surface area contributed by atoms with Crippen molar-refractivity contribution >= 4 is 22.9 Å². The molecule has 2 aromatic rings. The number of ether oxygens (including phenoxy) is 1. The largest absolute Gasteiger partial charge is 0.493 e. The third-order valence-corrected chi connectivity index (χ3v) is 5.37. The fourth-order valence-corrected chi connectivity index (χ4v) is 3.85. The van der Waals surface area contributed by atoms with E-state index in [4.69, 9.17) is 10.5 Å². The molecule has 0 spiro atoms. The van der Waals surface area contributed by atoms with Crippen LogP contribution in [-0.4, -0.2) is 24.0 Å². The Balaban J connectivity index is 1.50. The molecule has 0 bridgehead atoms. The van der Waals surface area contributed by atoms with Crippen molar-refractivity contribution in [2.45, 2.75) is 38.5 Å². The van der Waals surface area contributed by atoms with Gasteiger partial charge in [0.15, 0.2) is 0 Å². The molecule has 1 aliphatic carbocycles. The fourth-order valence-electron chi connectivity index (χ4n) is 3.05. The van der Waals surface area contributed by atoms with Gasteiger partial charge in [-0.15, -0.1) is 11.3 Å². The molecule has 1 aromatic heterocycles. The standard InChI is InChI=1S/C19H25N3O2S/c20-11-10-18-22-17(13-25-18)19(23)21-15-6-8-16(9-7-15)24-12-14-4-2-1-3-5-14/h6-9,13-14H,1-5,10-12,20H2,(H,21,23). The van der Waals surface area contributed by atoms with E-state index in [9.17, 15) is 4.79 Å². The van der Waals surface area contributed by atoms with Crippen molar-refractivity contribution in [2.24, 2.45) is 11.7 Å². The highest BCUT2D eigenvalue weighted by Crippen LogP contribution is 2.25. The molecule has 6 heteroatoms. The minimum absolute atomic E-state index is 0.199. The third kappa shape index (κ3) is 5.28. The summed E-state index contributed by atoms with van der Waals surface area (Å²) in [6.07, 6.45) is 7.25. The average molecular weight is 359 g/mol. The Labute approximate surface area is 152 Å². The highest BCUT2D eigenvalue weighted by atomic mass is 32.1. The zero-order chi connectivity index (χ0) is 17.5. The predicted octanol–water partition coefficient (Wildman–Crippen LogP) is 3.86. The molecule has 3 N–H and O–H groups in total. The smallest absolute Gasteiger partial charge is 0.275 e. The molecule has 0 atom stereocenters. The zero-order valence-electron chi connectivity index (χ0n) is 14.4. The molecule has 25 heavy (non-hydrogen) atoms. The maximum atomic E-state index is 12.2. The molecule has 5 nitrogen and oxygen atoms in total. The zero-order valence-corrected chi connectivity index (χ0v) is 15.2. The number of thiazole rings is 1. The van der Waals surface area contributed by atoms with E-state index in [1.165, 1.54) is 43.4 Å². The second-order valence-corrected chi connectivity index (χ2v) is 7.40. The maximum absolute atomic E-state index is 12.2. The van der Waals surface area contributed by atoms with Crippen molar-refractivity contribution in [3.05, 3.63) is 40.3 Å². The number of aromatic nitrogens is 1. The first-order valence-electron chi connectivity index (χ1n) is 8.93. The molecule has 0 aliphatic heterocycles. The summed E-state index contributed by atoms with van der Waals surface area (Å²) in [5.74, 6) is 1.33. The highest BCUT2D eigenvalue weighted by Gasteiger charge is 2.14. The molecule has 0 radical (unpaired) electrons. The first-order valence-corrected chi connectivity index (χ1v) is 9.81. The van der Waals surface area contributed by atoms with E-state index in [1.807, 2.05) is 24.3 Å². The Morgan fingerprint density at radius 1 is 1.24 bits per heavy atom. The molecular weight excluding hydrogens is 334 g/mol. The van der Waals surface area contributed by atoms with Crippen LogP contribution in [0.5, 0.6) is 5.75 Å². The van der Waals surface area contributed by atoms with E-state index in [2.05, 4.69) is 10.3 Å². The van der Waals surface area contributed by atoms with Gasteiger partial charge in [-0.25, -0.2) is 4.98 Å². The highest BCUT2D eigenvalue weighted by molar-refractivity contribution is 7.09. The topological polar surface area (TPSA) is 77.2 Å². The molecule has 3 rings (SSSR count). The van der Waals surface area contributed by atoms with Crippen molar-refractivity contribution in [1.29, 1.82) is 0 Å². The van der Waals surface area contributed by atoms with E-state index >= 15 is 0 Å². The summed E-state index contributed by atoms with van der Waals surface area (Å²) < 4.78 is 5.89. The number of anilines is 1. The Morgan fingerprint density at radius 2 is 2.00 bits per heavy atom. The van der Waals surface area contributed by atoms with Crippen molar-refractivity contribution in [3.63, 3.8) is 0 Å². The van der Waals surface area contributed by atoms with Crippen LogP contribution in [0.2, 0.25) is 0 Å². The molecule has 0 saturated heterocycles. The number of carbonyl (C=O) groups excluding carboxylic acids is 1. The predicted molar refractivity (Wildman–Crippen MR) is 101 cm³/mol. The number of nitrogens with two attached hydrogens (primary N) is 1. The molecule has 1 saturated carbocycles. The van der Waals surface area contributed by atoms with E-state index in [-0.39, 0.29) is 5.91 Å². The molecular formula is C19H25N3O2S. The van der Waals surface area contributed by atoms with Gasteiger partial charge in [0, 0.05) is 17.5 Å². The molecule has 1 fully saturated rings. The normalized spacial score (nSPS) is 15.1. The van der Waals surface area contributed by atoms with Crippen LogP contribution in [0.4, 0.5) is 5.69 Å². The number of hydrogen-bond acceptors (Lipinski definition) is 5. The number of hydrogen-bond donors (Lipinski definition) is 2. The lowest BCUT2D eigenvalue weighted by Gasteiger charge is -2.21. The Bertz CT molecular complexity index is 678. The lowest BCUT2D eigenvalue weighted by molar-refractivity contribution is 0.102. The van der Waals surface area contributed by atoms with Crippen LogP contribution in [0.25, 0.3) is 0 Å². The van der Waals surface area contributed by atoms with Crippen LogP contribution in [-0.2, 0) is 6.42 Å². The quantitative estimate of drug-likeness (QED) is 0.787. The average Bonchev–Trinajstić information content (AvgIpc) is 3.11. The lowest BCUT2D eigenvalue weighted by atomic mass is 9.90. The van der Waals surface area contributed by atoms with Gasteiger partial charge in [-0.3, -0.25) is 4.79 Å². The molecule has 1 amide bonds. The molecule has 1 aliphatic rings. The number of nitrogens with one attached hydrogen (secondary N) is 1. The Kier molecular flexibility index (Phi) is 6.42. The summed E-state index contributed by atoms with van der Waals surface area (Å²) in [5.41, 5.74) is 6.69. The van der Waals surface area contributed by atoms with Crippen molar-refractivity contribution in [2.75, 3.05) is 18.5 Å². The molecule has 0 unspecified atom stereocenters. The van der Waals surface area contributed by atoms with Crippen LogP contribution in [0, 0.1) is 5.92 Å². The Hall–Kier alpha value is -1.92. The van der Waals surface area contributed by atoms with E-state index in [0.717, 1.165) is 23.1 Å². The summed E-state index contributed by atoms with van der Waals surface area (Å²) >= 11 is 1.46. The van der Waals surface area contributed by atoms with Crippen LogP contribution >= 0.6 is 11.3 Å². The van der Waals surface area contributed by atoms with Crippen molar-refractivity contribution in [1.82, 2.24) is 4.98 Å². The van der Waals surface area contributed by atoms with E-state index in [1.54, 1.807) is 5.38 Å². The van der Waals surface area contributed by atoms with Gasteiger partial charge in [-0.05, 0) is 49.6 Å². The van der Waals surface area contributed by atoms with E-state index in [0.29, 0.717) is 24.6 Å². The van der Waals surface area contributed by atoms with Gasteiger partial charge in [-0.1, -0.05) is 19.3 Å². The number of carbonyl (C=O) groups is 1. The van der Waals surface area contributed by atoms with Gasteiger partial charge in [0.1, 0.15) is 11.4 Å². The fraction of sp³-hybridized carbons (Fsp3) is 0.474. The summed E-state index contributed by atoms with van der Waals surface area (Å²) in [5, 5.41) is 5.52. The van der Waals surface area contributed by atoms with Crippen LogP contribution in [0.15, 0.2) is 29.6 Å². The number of benzene rings is 1. The van der Waals surface area contributed by atoms with Crippen LogP contribution in [0.3, 0.4) is 0 Å². The van der Waals surface area contributed by atoms with Crippen molar-refractivity contribution < 1.29 is 9.53 Å². The second kappa shape index (κ2) is 8.97. The third-order valence-electron chi connectivity index (χ3n) is 4.47. The summed E-state index contributed by atoms with van der Waals surface area (Å²) in [7, 11) is 0. The lowest BCUT2D eigenvalue weighted by Crippen LogP contribution is -2.15. The monoisotopic (exact) mass is 359 g/mol. The van der Waals surface area contributed by atoms with Crippen molar-refractivity contribution in [3.8, 4) is 5.75 Å². The van der Waals surface area contributed by atoms with Gasteiger partial charge in [0.05, 0.1) is 11.6 Å². The second-order valence-electron chi connectivity index (χ2n) is 6.46. The summed E-state index contributed by atoms with van der Waals surface area (Å²) in [4.78, 5) is 16.5. The molecule has 134 valence electrons. The van der Waals surface area contributed by atoms with Gasteiger partial charge in [0.25, 0.3) is 5.91 Å². The number of nitrogens with zero attached hydrogens (tertiary/aromatic N) is 1. The van der Waals surface area contributed by atoms with Crippen LogP contribution < -0.4 is 15.8 Å². The summed E-state index contributed by atoms with van der Waals surface area (Å²) in [6, 6.07) is 7.53. The van der Waals surface area contributed by atoms with Gasteiger partial charge in [-0.2, -0.15) is 0 Å². The summed E-state index contributed by atoms with van der Waals surface area (Å²) in [6.45, 7) is 1.32. The van der Waals surface area contributed by atoms with Crippen LogP contribution in [0.1, 0.15) is 47.6 Å². The molecule has 1 aromatic carbocycles. The minimum atomic E-state index is -0.199. The minimum Gasteiger partial charge on any atom is -0.493 e. The van der Waals surface area contributed by atoms with Gasteiger partial charge < -0.3 is 15.8 Å².